The molecule has 0 radical (unpaired) electrons. The van der Waals surface area contributed by atoms with Crippen LogP contribution in [-0.4, -0.2) is 28.1 Å². The maximum Gasteiger partial charge on any atom is 0.215 e. The zero-order valence-electron chi connectivity index (χ0n) is 13.3. The first-order valence-electron chi connectivity index (χ1n) is 7.89. The monoisotopic (exact) mass is 330 g/mol. The average Bonchev–Trinajstić information content (AvgIpc) is 2.93. The lowest BCUT2D eigenvalue weighted by molar-refractivity contribution is 0.580. The van der Waals surface area contributed by atoms with Crippen LogP contribution >= 0.6 is 0 Å². The molecule has 5 heteroatoms. The van der Waals surface area contributed by atoms with E-state index in [2.05, 4.69) is 21.8 Å². The van der Waals surface area contributed by atoms with E-state index in [-0.39, 0.29) is 5.75 Å². The molecule has 3 rings (SSSR count). The van der Waals surface area contributed by atoms with Gasteiger partial charge in [0, 0.05) is 25.3 Å². The number of aryl methyl sites for hydroxylation is 1. The molecule has 0 amide bonds. The van der Waals surface area contributed by atoms with Crippen LogP contribution < -0.4 is 9.62 Å². The molecule has 0 aliphatic carbocycles. The lowest BCUT2D eigenvalue weighted by Gasteiger charge is -2.19. The fraction of sp³-hybridized carbons (Fsp3) is 0.333. The van der Waals surface area contributed by atoms with E-state index in [1.807, 2.05) is 43.3 Å². The van der Waals surface area contributed by atoms with Gasteiger partial charge in [-0.25, -0.2) is 13.1 Å². The molecule has 1 aliphatic heterocycles. The van der Waals surface area contributed by atoms with Crippen LogP contribution in [0, 0.1) is 6.92 Å². The number of hydrogen-bond acceptors (Lipinski definition) is 3. The fourth-order valence-electron chi connectivity index (χ4n) is 2.93. The SMILES string of the molecule is Cc1ccc(CS(=O)(=O)NCCN2CCc3ccccc32)cc1. The molecule has 1 aliphatic rings. The molecule has 23 heavy (non-hydrogen) atoms. The first-order valence-corrected chi connectivity index (χ1v) is 9.54. The Kier molecular flexibility index (Phi) is 4.68. The minimum Gasteiger partial charge on any atom is -0.370 e. The van der Waals surface area contributed by atoms with E-state index >= 15 is 0 Å². The summed E-state index contributed by atoms with van der Waals surface area (Å²) in [6, 6.07) is 15.9. The molecule has 0 bridgehead atoms. The summed E-state index contributed by atoms with van der Waals surface area (Å²) in [6.07, 6.45) is 1.03. The molecule has 1 N–H and O–H groups in total. The second kappa shape index (κ2) is 6.72. The van der Waals surface area contributed by atoms with E-state index in [0.29, 0.717) is 13.1 Å². The van der Waals surface area contributed by atoms with E-state index < -0.39 is 10.0 Å². The van der Waals surface area contributed by atoms with E-state index in [4.69, 9.17) is 0 Å². The van der Waals surface area contributed by atoms with Gasteiger partial charge in [-0.3, -0.25) is 0 Å². The molecule has 2 aromatic rings. The van der Waals surface area contributed by atoms with Gasteiger partial charge in [0.2, 0.25) is 10.0 Å². The van der Waals surface area contributed by atoms with Crippen molar-refractivity contribution < 1.29 is 8.42 Å². The van der Waals surface area contributed by atoms with Crippen molar-refractivity contribution in [3.05, 3.63) is 65.2 Å². The first-order chi connectivity index (χ1) is 11.0. The van der Waals surface area contributed by atoms with Crippen molar-refractivity contribution >= 4 is 15.7 Å². The topological polar surface area (TPSA) is 49.4 Å². The van der Waals surface area contributed by atoms with E-state index in [0.717, 1.165) is 24.1 Å². The summed E-state index contributed by atoms with van der Waals surface area (Å²) in [7, 11) is -3.29. The highest BCUT2D eigenvalue weighted by Crippen LogP contribution is 2.26. The Labute approximate surface area is 138 Å². The quantitative estimate of drug-likeness (QED) is 0.885. The first kappa shape index (κ1) is 16.0. The number of hydrogen-bond donors (Lipinski definition) is 1. The molecular formula is C18H22N2O2S. The standard InChI is InChI=1S/C18H22N2O2S/c1-15-6-8-16(9-7-15)14-23(21,22)19-11-13-20-12-10-17-4-2-3-5-18(17)20/h2-9,19H,10-14H2,1H3. The maximum absolute atomic E-state index is 12.2. The Balaban J connectivity index is 1.53. The molecule has 0 atom stereocenters. The highest BCUT2D eigenvalue weighted by molar-refractivity contribution is 7.88. The minimum atomic E-state index is -3.29. The predicted octanol–water partition coefficient (Wildman–Crippen LogP) is 2.48. The Hall–Kier alpha value is -1.85. The summed E-state index contributed by atoms with van der Waals surface area (Å²) >= 11 is 0. The average molecular weight is 330 g/mol. The smallest absolute Gasteiger partial charge is 0.215 e. The number of benzene rings is 2. The Morgan fingerprint density at radius 1 is 1.09 bits per heavy atom. The molecule has 1 heterocycles. The van der Waals surface area contributed by atoms with E-state index in [1.165, 1.54) is 11.3 Å². The normalized spacial score (nSPS) is 14.0. The van der Waals surface area contributed by atoms with Crippen molar-refractivity contribution in [2.45, 2.75) is 19.1 Å². The van der Waals surface area contributed by atoms with Gasteiger partial charge in [-0.15, -0.1) is 0 Å². The molecule has 0 unspecified atom stereocenters. The zero-order chi connectivity index (χ0) is 16.3. The molecule has 0 aromatic heterocycles. The van der Waals surface area contributed by atoms with Gasteiger partial charge in [-0.2, -0.15) is 0 Å². The molecular weight excluding hydrogens is 308 g/mol. The summed E-state index contributed by atoms with van der Waals surface area (Å²) in [6.45, 7) is 4.08. The predicted molar refractivity (Wildman–Crippen MR) is 94.2 cm³/mol. The Bertz CT molecular complexity index is 770. The molecule has 4 nitrogen and oxygen atoms in total. The third kappa shape index (κ3) is 4.12. The fourth-order valence-corrected chi connectivity index (χ4v) is 4.07. The van der Waals surface area contributed by atoms with Crippen LogP contribution in [0.25, 0.3) is 0 Å². The van der Waals surface area contributed by atoms with Gasteiger partial charge in [0.15, 0.2) is 0 Å². The van der Waals surface area contributed by atoms with Crippen LogP contribution in [0.2, 0.25) is 0 Å². The van der Waals surface area contributed by atoms with Gasteiger partial charge in [-0.1, -0.05) is 48.0 Å². The van der Waals surface area contributed by atoms with Gasteiger partial charge >= 0.3 is 0 Å². The lowest BCUT2D eigenvalue weighted by atomic mass is 10.2. The molecule has 0 saturated heterocycles. The van der Waals surface area contributed by atoms with Crippen LogP contribution in [0.3, 0.4) is 0 Å². The van der Waals surface area contributed by atoms with Crippen molar-refractivity contribution in [1.82, 2.24) is 4.72 Å². The largest absolute Gasteiger partial charge is 0.370 e. The van der Waals surface area contributed by atoms with Crippen molar-refractivity contribution in [2.75, 3.05) is 24.5 Å². The van der Waals surface area contributed by atoms with E-state index in [1.54, 1.807) is 0 Å². The Morgan fingerprint density at radius 3 is 2.61 bits per heavy atom. The minimum absolute atomic E-state index is 0.0316. The number of anilines is 1. The summed E-state index contributed by atoms with van der Waals surface area (Å²) in [5.41, 5.74) is 4.52. The number of sulfonamides is 1. The van der Waals surface area contributed by atoms with Gasteiger partial charge < -0.3 is 4.90 Å². The zero-order valence-corrected chi connectivity index (χ0v) is 14.1. The Morgan fingerprint density at radius 2 is 1.83 bits per heavy atom. The number of fused-ring (bicyclic) bond motifs is 1. The highest BCUT2D eigenvalue weighted by atomic mass is 32.2. The van der Waals surface area contributed by atoms with Crippen LogP contribution in [0.4, 0.5) is 5.69 Å². The van der Waals surface area contributed by atoms with Gasteiger partial charge in [0.05, 0.1) is 5.75 Å². The summed E-state index contributed by atoms with van der Waals surface area (Å²) < 4.78 is 27.1. The molecule has 0 spiro atoms. The molecule has 0 saturated carbocycles. The summed E-state index contributed by atoms with van der Waals surface area (Å²) in [5.74, 6) is 0.0316. The molecule has 2 aromatic carbocycles. The van der Waals surface area contributed by atoms with Crippen LogP contribution in [-0.2, 0) is 22.2 Å². The lowest BCUT2D eigenvalue weighted by Crippen LogP contribution is -2.34. The van der Waals surface area contributed by atoms with Crippen molar-refractivity contribution in [1.29, 1.82) is 0 Å². The van der Waals surface area contributed by atoms with Crippen LogP contribution in [0.1, 0.15) is 16.7 Å². The second-order valence-electron chi connectivity index (χ2n) is 6.00. The van der Waals surface area contributed by atoms with Gasteiger partial charge in [0.25, 0.3) is 0 Å². The summed E-state index contributed by atoms with van der Waals surface area (Å²) in [4.78, 5) is 2.24. The van der Waals surface area contributed by atoms with Crippen LogP contribution in [0.5, 0.6) is 0 Å². The van der Waals surface area contributed by atoms with Crippen LogP contribution in [0.15, 0.2) is 48.5 Å². The van der Waals surface area contributed by atoms with Crippen molar-refractivity contribution in [2.24, 2.45) is 0 Å². The second-order valence-corrected chi connectivity index (χ2v) is 7.81. The number of nitrogens with zero attached hydrogens (tertiary/aromatic N) is 1. The van der Waals surface area contributed by atoms with E-state index in [9.17, 15) is 8.42 Å². The van der Waals surface area contributed by atoms with Crippen molar-refractivity contribution in [3.8, 4) is 0 Å². The van der Waals surface area contributed by atoms with Crippen molar-refractivity contribution in [3.63, 3.8) is 0 Å². The molecule has 0 fully saturated rings. The van der Waals surface area contributed by atoms with Gasteiger partial charge in [-0.05, 0) is 30.5 Å². The highest BCUT2D eigenvalue weighted by Gasteiger charge is 2.18. The number of para-hydroxylation sites is 1. The maximum atomic E-state index is 12.2. The number of rotatable bonds is 6. The third-order valence-corrected chi connectivity index (χ3v) is 5.52. The van der Waals surface area contributed by atoms with Gasteiger partial charge in [0.1, 0.15) is 0 Å². The third-order valence-electron chi connectivity index (χ3n) is 4.16. The number of nitrogens with one attached hydrogen (secondary N) is 1. The summed E-state index contributed by atoms with van der Waals surface area (Å²) in [5, 5.41) is 0. The molecule has 122 valence electrons.